The van der Waals surface area contributed by atoms with Crippen molar-refractivity contribution in [1.82, 2.24) is 0 Å². The maximum absolute atomic E-state index is 12.2. The summed E-state index contributed by atoms with van der Waals surface area (Å²) in [5, 5.41) is 59.7. The third-order valence-electron chi connectivity index (χ3n) is 5.54. The van der Waals surface area contributed by atoms with Crippen LogP contribution >= 0.6 is 0 Å². The van der Waals surface area contributed by atoms with Crippen LogP contribution in [-0.4, -0.2) is 54.1 Å². The van der Waals surface area contributed by atoms with Gasteiger partial charge >= 0.3 is 5.97 Å². The lowest BCUT2D eigenvalue weighted by molar-refractivity contribution is -0.168. The normalized spacial score (nSPS) is 24.8. The molecular formula is C22H20O10. The number of phenols is 4. The van der Waals surface area contributed by atoms with Crippen LogP contribution in [0.2, 0.25) is 0 Å². The lowest BCUT2D eigenvalue weighted by atomic mass is 9.87. The number of allylic oxidation sites excluding steroid dienone is 1. The number of benzene rings is 2. The minimum atomic E-state index is -2.86. The van der Waals surface area contributed by atoms with Gasteiger partial charge in [0, 0.05) is 36.1 Å². The SMILES string of the molecule is O=C(O)C1(O)C(=O)CCC=C1OC1Cc2c(O)cc(O)cc2OC1c1ccc(O)c(O)c1. The highest BCUT2D eigenvalue weighted by molar-refractivity contribution is 6.09. The quantitative estimate of drug-likeness (QED) is 0.300. The van der Waals surface area contributed by atoms with E-state index >= 15 is 0 Å². The molecule has 2 aromatic rings. The molecule has 4 rings (SSSR count). The number of carbonyl (C=O) groups is 2. The topological polar surface area (TPSA) is 174 Å². The first-order valence-corrected chi connectivity index (χ1v) is 9.71. The molecule has 0 saturated heterocycles. The zero-order valence-corrected chi connectivity index (χ0v) is 16.6. The monoisotopic (exact) mass is 444 g/mol. The third kappa shape index (κ3) is 3.44. The first-order valence-electron chi connectivity index (χ1n) is 9.71. The molecule has 6 N–H and O–H groups in total. The first-order chi connectivity index (χ1) is 15.1. The fourth-order valence-corrected chi connectivity index (χ4v) is 3.87. The van der Waals surface area contributed by atoms with E-state index in [0.29, 0.717) is 5.56 Å². The molecule has 0 radical (unpaired) electrons. The number of carboxylic acid groups (broad SMARTS) is 1. The average Bonchev–Trinajstić information content (AvgIpc) is 2.73. The van der Waals surface area contributed by atoms with Crippen LogP contribution in [-0.2, 0) is 20.7 Å². The molecule has 1 aliphatic carbocycles. The molecule has 1 heterocycles. The van der Waals surface area contributed by atoms with Gasteiger partial charge in [-0.3, -0.25) is 4.79 Å². The molecule has 32 heavy (non-hydrogen) atoms. The lowest BCUT2D eigenvalue weighted by Gasteiger charge is -2.37. The first kappa shape index (κ1) is 21.3. The van der Waals surface area contributed by atoms with Crippen LogP contribution in [0.4, 0.5) is 0 Å². The van der Waals surface area contributed by atoms with Gasteiger partial charge in [0.2, 0.25) is 0 Å². The standard InChI is InChI=1S/C22H20O10/c23-11-7-14(25)12-9-17(31-19-3-1-2-18(27)22(19,30)21(28)29)20(32-16(12)8-11)10-4-5-13(24)15(26)6-10/h3-8,17,20,23-26,30H,1-2,9H2,(H,28,29). The van der Waals surface area contributed by atoms with E-state index in [9.17, 15) is 40.2 Å². The van der Waals surface area contributed by atoms with Gasteiger partial charge in [0.15, 0.2) is 23.4 Å². The molecule has 10 heteroatoms. The number of ether oxygens (including phenoxy) is 2. The highest BCUT2D eigenvalue weighted by atomic mass is 16.6. The van der Waals surface area contributed by atoms with Crippen molar-refractivity contribution in [1.29, 1.82) is 0 Å². The molecule has 168 valence electrons. The number of fused-ring (bicyclic) bond motifs is 1. The second-order valence-electron chi connectivity index (χ2n) is 7.63. The van der Waals surface area contributed by atoms with E-state index in [4.69, 9.17) is 9.47 Å². The van der Waals surface area contributed by atoms with E-state index < -0.39 is 41.1 Å². The molecule has 3 atom stereocenters. The van der Waals surface area contributed by atoms with E-state index in [1.807, 2.05) is 0 Å². The Bertz CT molecular complexity index is 1140. The third-order valence-corrected chi connectivity index (χ3v) is 5.54. The average molecular weight is 444 g/mol. The van der Waals surface area contributed by atoms with Crippen molar-refractivity contribution in [3.8, 4) is 28.7 Å². The van der Waals surface area contributed by atoms with Crippen molar-refractivity contribution in [3.05, 3.63) is 53.3 Å². The summed E-state index contributed by atoms with van der Waals surface area (Å²) in [6.45, 7) is 0. The van der Waals surface area contributed by atoms with Gasteiger partial charge < -0.3 is 40.1 Å². The van der Waals surface area contributed by atoms with Gasteiger partial charge in [-0.05, 0) is 24.6 Å². The van der Waals surface area contributed by atoms with Crippen LogP contribution in [0.1, 0.15) is 30.1 Å². The molecule has 2 aromatic carbocycles. The maximum Gasteiger partial charge on any atom is 0.351 e. The van der Waals surface area contributed by atoms with Crippen LogP contribution in [0.5, 0.6) is 28.7 Å². The van der Waals surface area contributed by atoms with E-state index in [1.165, 1.54) is 30.3 Å². The number of carboxylic acids is 1. The molecule has 0 spiro atoms. The van der Waals surface area contributed by atoms with Crippen molar-refractivity contribution in [3.63, 3.8) is 0 Å². The number of ketones is 1. The van der Waals surface area contributed by atoms with Gasteiger partial charge in [0.25, 0.3) is 5.60 Å². The predicted molar refractivity (Wildman–Crippen MR) is 106 cm³/mol. The number of phenolic OH excluding ortho intramolecular Hbond substituents is 4. The van der Waals surface area contributed by atoms with Gasteiger partial charge in [-0.25, -0.2) is 4.79 Å². The maximum atomic E-state index is 12.2. The largest absolute Gasteiger partial charge is 0.508 e. The van der Waals surface area contributed by atoms with Crippen LogP contribution in [0.3, 0.4) is 0 Å². The summed E-state index contributed by atoms with van der Waals surface area (Å²) in [6.07, 6.45) is -0.814. The van der Waals surface area contributed by atoms with Crippen molar-refractivity contribution in [2.24, 2.45) is 0 Å². The second kappa shape index (κ2) is 7.65. The predicted octanol–water partition coefficient (Wildman–Crippen LogP) is 1.63. The minimum Gasteiger partial charge on any atom is -0.508 e. The summed E-state index contributed by atoms with van der Waals surface area (Å²) >= 11 is 0. The molecule has 0 saturated carbocycles. The van der Waals surface area contributed by atoms with Crippen molar-refractivity contribution < 1.29 is 49.7 Å². The van der Waals surface area contributed by atoms with Crippen molar-refractivity contribution in [2.45, 2.75) is 37.1 Å². The Morgan fingerprint density at radius 1 is 1.06 bits per heavy atom. The highest BCUT2D eigenvalue weighted by Gasteiger charge is 2.52. The molecule has 0 fully saturated rings. The number of carbonyl (C=O) groups excluding carboxylic acids is 1. The van der Waals surface area contributed by atoms with E-state index in [-0.39, 0.29) is 47.8 Å². The minimum absolute atomic E-state index is 0.0466. The number of hydrogen-bond acceptors (Lipinski definition) is 9. The molecule has 0 amide bonds. The van der Waals surface area contributed by atoms with Crippen LogP contribution in [0, 0.1) is 0 Å². The summed E-state index contributed by atoms with van der Waals surface area (Å²) in [5.41, 5.74) is -2.29. The summed E-state index contributed by atoms with van der Waals surface area (Å²) in [5.74, 6) is -4.41. The highest BCUT2D eigenvalue weighted by Crippen LogP contribution is 2.45. The van der Waals surface area contributed by atoms with E-state index in [1.54, 1.807) is 0 Å². The van der Waals surface area contributed by atoms with Crippen LogP contribution in [0.25, 0.3) is 0 Å². The Hall–Kier alpha value is -3.92. The Morgan fingerprint density at radius 2 is 1.81 bits per heavy atom. The van der Waals surface area contributed by atoms with Crippen LogP contribution in [0.15, 0.2) is 42.2 Å². The Morgan fingerprint density at radius 3 is 2.50 bits per heavy atom. The lowest BCUT2D eigenvalue weighted by Crippen LogP contribution is -2.51. The van der Waals surface area contributed by atoms with Gasteiger partial charge in [0.05, 0.1) is 0 Å². The number of aliphatic hydroxyl groups is 1. The van der Waals surface area contributed by atoms with E-state index in [0.717, 1.165) is 6.07 Å². The van der Waals surface area contributed by atoms with Crippen molar-refractivity contribution in [2.75, 3.05) is 0 Å². The Kier molecular flexibility index (Phi) is 5.09. The van der Waals surface area contributed by atoms with Gasteiger partial charge in [-0.15, -0.1) is 0 Å². The van der Waals surface area contributed by atoms with Gasteiger partial charge in [-0.2, -0.15) is 0 Å². The molecule has 10 nitrogen and oxygen atoms in total. The molecule has 0 aromatic heterocycles. The fraction of sp³-hybridized carbons (Fsp3) is 0.273. The number of aliphatic carboxylic acids is 1. The summed E-state index contributed by atoms with van der Waals surface area (Å²) < 4.78 is 11.7. The van der Waals surface area contributed by atoms with Crippen LogP contribution < -0.4 is 4.74 Å². The van der Waals surface area contributed by atoms with Gasteiger partial charge in [0.1, 0.15) is 29.1 Å². The number of rotatable bonds is 4. The zero-order chi connectivity index (χ0) is 23.2. The molecule has 3 unspecified atom stereocenters. The van der Waals surface area contributed by atoms with E-state index in [2.05, 4.69) is 0 Å². The molecule has 1 aliphatic heterocycles. The molecule has 2 aliphatic rings. The number of hydrogen-bond donors (Lipinski definition) is 6. The summed E-state index contributed by atoms with van der Waals surface area (Å²) in [6, 6.07) is 6.25. The summed E-state index contributed by atoms with van der Waals surface area (Å²) in [4.78, 5) is 23.9. The molecular weight excluding hydrogens is 424 g/mol. The Balaban J connectivity index is 1.77. The van der Waals surface area contributed by atoms with Gasteiger partial charge in [-0.1, -0.05) is 6.07 Å². The summed E-state index contributed by atoms with van der Waals surface area (Å²) in [7, 11) is 0. The fourth-order valence-electron chi connectivity index (χ4n) is 3.87. The molecule has 0 bridgehead atoms. The van der Waals surface area contributed by atoms with Crippen molar-refractivity contribution >= 4 is 11.8 Å². The second-order valence-corrected chi connectivity index (χ2v) is 7.63. The zero-order valence-electron chi connectivity index (χ0n) is 16.6. The number of Topliss-reactive ketones (excluding diaryl/α,β-unsaturated/α-hetero) is 1. The number of aromatic hydroxyl groups is 4. The smallest absolute Gasteiger partial charge is 0.351 e. The Labute approximate surface area is 181 Å².